The van der Waals surface area contributed by atoms with Gasteiger partial charge in [0.05, 0.1) is 11.3 Å². The Morgan fingerprint density at radius 1 is 1.17 bits per heavy atom. The molecule has 0 fully saturated rings. The van der Waals surface area contributed by atoms with E-state index in [1.54, 1.807) is 50.1 Å². The fraction of sp³-hybridized carbons (Fsp3) is 0.231. The van der Waals surface area contributed by atoms with E-state index in [0.717, 1.165) is 27.8 Å². The zero-order valence-corrected chi connectivity index (χ0v) is 20.3. The largest absolute Gasteiger partial charge is 0.441 e. The Kier molecular flexibility index (Phi) is 6.42. The van der Waals surface area contributed by atoms with Gasteiger partial charge in [-0.2, -0.15) is 5.10 Å². The molecule has 0 aliphatic carbocycles. The molecule has 1 amide bonds. The van der Waals surface area contributed by atoms with Crippen LogP contribution in [-0.4, -0.2) is 50.2 Å². The molecule has 0 aliphatic heterocycles. The topological polar surface area (TPSA) is 108 Å². The van der Waals surface area contributed by atoms with Crippen LogP contribution in [0.1, 0.15) is 24.2 Å². The van der Waals surface area contributed by atoms with Crippen LogP contribution in [0.5, 0.6) is 0 Å². The van der Waals surface area contributed by atoms with Crippen molar-refractivity contribution < 1.29 is 14.3 Å². The third kappa shape index (κ3) is 4.52. The average molecular weight is 473 g/mol. The van der Waals surface area contributed by atoms with Crippen molar-refractivity contribution in [2.24, 2.45) is 0 Å². The van der Waals surface area contributed by atoms with E-state index in [4.69, 9.17) is 15.5 Å². The summed E-state index contributed by atoms with van der Waals surface area (Å²) >= 11 is 0. The van der Waals surface area contributed by atoms with Crippen molar-refractivity contribution in [1.29, 1.82) is 0 Å². The SMILES string of the molecule is C=C(C)C(=O)OCn1cc(-c2ccnn2CC)c2cc(-c3ccc(N)c(C(=O)N(C)C)c3)cnc21. The molecular formula is C26H28N6O3. The number of benzene rings is 1. The molecule has 0 saturated heterocycles. The number of nitrogens with two attached hydrogens (primary N) is 1. The van der Waals surface area contributed by atoms with Gasteiger partial charge in [0, 0.05) is 67.0 Å². The van der Waals surface area contributed by atoms with Gasteiger partial charge in [0.1, 0.15) is 5.65 Å². The lowest BCUT2D eigenvalue weighted by Crippen LogP contribution is -2.22. The van der Waals surface area contributed by atoms with E-state index in [1.807, 2.05) is 36.0 Å². The third-order valence-corrected chi connectivity index (χ3v) is 5.71. The number of anilines is 1. The van der Waals surface area contributed by atoms with Crippen molar-refractivity contribution >= 4 is 28.6 Å². The van der Waals surface area contributed by atoms with Crippen molar-refractivity contribution in [3.05, 3.63) is 66.6 Å². The zero-order chi connectivity index (χ0) is 25.3. The predicted molar refractivity (Wildman–Crippen MR) is 135 cm³/mol. The number of aromatic nitrogens is 4. The van der Waals surface area contributed by atoms with E-state index >= 15 is 0 Å². The number of ether oxygens (including phenoxy) is 1. The molecule has 3 heterocycles. The first-order chi connectivity index (χ1) is 16.7. The minimum absolute atomic E-state index is 0.00183. The molecule has 9 nitrogen and oxygen atoms in total. The van der Waals surface area contributed by atoms with Crippen LogP contribution in [0.2, 0.25) is 0 Å². The van der Waals surface area contributed by atoms with Gasteiger partial charge in [-0.15, -0.1) is 0 Å². The normalized spacial score (nSPS) is 11.0. The first-order valence-corrected chi connectivity index (χ1v) is 11.2. The van der Waals surface area contributed by atoms with Gasteiger partial charge in [0.25, 0.3) is 5.91 Å². The van der Waals surface area contributed by atoms with Crippen molar-refractivity contribution in [2.45, 2.75) is 27.1 Å². The molecule has 2 N–H and O–H groups in total. The lowest BCUT2D eigenvalue weighted by molar-refractivity contribution is -0.142. The molecule has 0 bridgehead atoms. The summed E-state index contributed by atoms with van der Waals surface area (Å²) in [5, 5.41) is 5.26. The number of hydrogen-bond acceptors (Lipinski definition) is 6. The molecule has 0 saturated carbocycles. The van der Waals surface area contributed by atoms with Gasteiger partial charge < -0.3 is 15.4 Å². The Balaban J connectivity index is 1.85. The molecule has 0 atom stereocenters. The van der Waals surface area contributed by atoms with E-state index in [1.165, 1.54) is 4.90 Å². The number of esters is 1. The van der Waals surface area contributed by atoms with Gasteiger partial charge in [-0.1, -0.05) is 12.6 Å². The Bertz CT molecular complexity index is 1450. The van der Waals surface area contributed by atoms with Gasteiger partial charge in [-0.3, -0.25) is 14.0 Å². The monoisotopic (exact) mass is 472 g/mol. The minimum atomic E-state index is -0.469. The van der Waals surface area contributed by atoms with Crippen LogP contribution in [0, 0.1) is 0 Å². The number of nitrogens with zero attached hydrogens (tertiary/aromatic N) is 5. The van der Waals surface area contributed by atoms with E-state index in [9.17, 15) is 9.59 Å². The number of fused-ring (bicyclic) bond motifs is 1. The number of rotatable bonds is 7. The first-order valence-electron chi connectivity index (χ1n) is 11.2. The number of nitrogen functional groups attached to an aromatic ring is 1. The highest BCUT2D eigenvalue weighted by atomic mass is 16.5. The highest BCUT2D eigenvalue weighted by Crippen LogP contribution is 2.33. The van der Waals surface area contributed by atoms with Crippen molar-refractivity contribution in [1.82, 2.24) is 24.2 Å². The second-order valence-electron chi connectivity index (χ2n) is 8.48. The van der Waals surface area contributed by atoms with Crippen LogP contribution >= 0.6 is 0 Å². The summed E-state index contributed by atoms with van der Waals surface area (Å²) in [5.74, 6) is -0.639. The second-order valence-corrected chi connectivity index (χ2v) is 8.48. The Morgan fingerprint density at radius 3 is 2.63 bits per heavy atom. The van der Waals surface area contributed by atoms with Crippen LogP contribution in [0.4, 0.5) is 5.69 Å². The molecule has 180 valence electrons. The maximum absolute atomic E-state index is 12.6. The van der Waals surface area contributed by atoms with Crippen molar-refractivity contribution in [3.63, 3.8) is 0 Å². The number of pyridine rings is 1. The molecule has 4 rings (SSSR count). The van der Waals surface area contributed by atoms with E-state index in [0.29, 0.717) is 29.0 Å². The smallest absolute Gasteiger partial charge is 0.334 e. The maximum atomic E-state index is 12.6. The summed E-state index contributed by atoms with van der Waals surface area (Å²) in [6.45, 7) is 7.95. The lowest BCUT2D eigenvalue weighted by Gasteiger charge is -2.13. The molecule has 1 aromatic carbocycles. The second kappa shape index (κ2) is 9.46. The van der Waals surface area contributed by atoms with Crippen LogP contribution < -0.4 is 5.73 Å². The minimum Gasteiger partial charge on any atom is -0.441 e. The number of carbonyl (C=O) groups excluding carboxylic acids is 2. The van der Waals surface area contributed by atoms with Crippen LogP contribution in [0.15, 0.2) is 61.1 Å². The standard InChI is InChI=1S/C26H28N6O3/c1-6-32-23(9-10-29-32)21-14-31(15-35-26(34)16(2)3)24-19(21)12-18(13-28-24)17-7-8-22(27)20(11-17)25(33)30(4)5/h7-14H,2,6,15,27H2,1,3-5H3. The molecule has 4 aromatic rings. The van der Waals surface area contributed by atoms with Crippen LogP contribution in [0.25, 0.3) is 33.4 Å². The zero-order valence-electron chi connectivity index (χ0n) is 20.3. The van der Waals surface area contributed by atoms with Crippen LogP contribution in [0.3, 0.4) is 0 Å². The van der Waals surface area contributed by atoms with Crippen molar-refractivity contribution in [3.8, 4) is 22.4 Å². The number of carbonyl (C=O) groups is 2. The summed E-state index contributed by atoms with van der Waals surface area (Å²) in [4.78, 5) is 30.8. The van der Waals surface area contributed by atoms with Gasteiger partial charge in [0.15, 0.2) is 6.73 Å². The molecule has 3 aromatic heterocycles. The quantitative estimate of drug-likeness (QED) is 0.248. The Morgan fingerprint density at radius 2 is 1.94 bits per heavy atom. The summed E-state index contributed by atoms with van der Waals surface area (Å²) in [6, 6.07) is 9.32. The maximum Gasteiger partial charge on any atom is 0.334 e. The molecule has 0 unspecified atom stereocenters. The van der Waals surface area contributed by atoms with Gasteiger partial charge >= 0.3 is 5.97 Å². The summed E-state index contributed by atoms with van der Waals surface area (Å²) in [7, 11) is 3.38. The van der Waals surface area contributed by atoms with E-state index < -0.39 is 5.97 Å². The lowest BCUT2D eigenvalue weighted by atomic mass is 10.0. The van der Waals surface area contributed by atoms with E-state index in [2.05, 4.69) is 11.7 Å². The molecule has 0 radical (unpaired) electrons. The summed E-state index contributed by atoms with van der Waals surface area (Å²) in [5.41, 5.74) is 11.4. The Hall–Kier alpha value is -4.40. The first kappa shape index (κ1) is 23.7. The number of hydrogen-bond donors (Lipinski definition) is 1. The highest BCUT2D eigenvalue weighted by Gasteiger charge is 2.18. The summed E-state index contributed by atoms with van der Waals surface area (Å²) < 4.78 is 9.06. The number of amides is 1. The van der Waals surface area contributed by atoms with Gasteiger partial charge in [-0.25, -0.2) is 9.78 Å². The van der Waals surface area contributed by atoms with Gasteiger partial charge in [0.2, 0.25) is 0 Å². The average Bonchev–Trinajstić information content (AvgIpc) is 3.46. The predicted octanol–water partition coefficient (Wildman–Crippen LogP) is 3.95. The van der Waals surface area contributed by atoms with E-state index in [-0.39, 0.29) is 12.6 Å². The van der Waals surface area contributed by atoms with Gasteiger partial charge in [-0.05, 0) is 43.7 Å². The van der Waals surface area contributed by atoms with Crippen LogP contribution in [-0.2, 0) is 22.8 Å². The highest BCUT2D eigenvalue weighted by molar-refractivity contribution is 6.01. The Labute approximate surface area is 203 Å². The molecule has 0 aliphatic rings. The molecule has 0 spiro atoms. The summed E-state index contributed by atoms with van der Waals surface area (Å²) in [6.07, 6.45) is 5.38. The fourth-order valence-electron chi connectivity index (χ4n) is 3.86. The molecule has 9 heteroatoms. The molecule has 35 heavy (non-hydrogen) atoms. The molecular weight excluding hydrogens is 444 g/mol. The fourth-order valence-corrected chi connectivity index (χ4v) is 3.86. The third-order valence-electron chi connectivity index (χ3n) is 5.71. The number of aryl methyl sites for hydroxylation is 1. The van der Waals surface area contributed by atoms with Crippen molar-refractivity contribution in [2.75, 3.05) is 19.8 Å².